The molecule has 1 heterocycles. The highest BCUT2D eigenvalue weighted by Gasteiger charge is 2.25. The number of hydrazine groups is 1. The van der Waals surface area contributed by atoms with Crippen molar-refractivity contribution < 1.29 is 19.1 Å². The number of amides is 2. The molecule has 0 fully saturated rings. The molecule has 0 saturated carbocycles. The van der Waals surface area contributed by atoms with Crippen LogP contribution < -0.4 is 15.8 Å². The molecule has 0 unspecified atom stereocenters. The van der Waals surface area contributed by atoms with Gasteiger partial charge in [-0.25, -0.2) is 9.80 Å². The third-order valence-corrected chi connectivity index (χ3v) is 4.91. The smallest absolute Gasteiger partial charge is 0.356 e. The summed E-state index contributed by atoms with van der Waals surface area (Å²) in [5.41, 5.74) is 5.24. The lowest BCUT2D eigenvalue weighted by Gasteiger charge is -2.28. The Labute approximate surface area is 175 Å². The molecule has 0 spiro atoms. The third-order valence-electron chi connectivity index (χ3n) is 4.91. The lowest BCUT2D eigenvalue weighted by molar-refractivity contribution is -0.143. The van der Waals surface area contributed by atoms with E-state index in [1.54, 1.807) is 24.3 Å². The van der Waals surface area contributed by atoms with Crippen molar-refractivity contribution in [2.75, 3.05) is 16.9 Å². The van der Waals surface area contributed by atoms with Gasteiger partial charge in [0.05, 0.1) is 5.69 Å². The third kappa shape index (κ3) is 5.05. The summed E-state index contributed by atoms with van der Waals surface area (Å²) in [5, 5.41) is 4.10. The first-order valence-electron chi connectivity index (χ1n) is 9.90. The Morgan fingerprint density at radius 3 is 2.57 bits per heavy atom. The maximum atomic E-state index is 12.4. The molecule has 0 aliphatic carbocycles. The first-order chi connectivity index (χ1) is 14.5. The Bertz CT molecular complexity index is 956. The number of hydrogen-bond donors (Lipinski definition) is 2. The number of carbonyl (C=O) groups excluding carboxylic acids is 3. The molecule has 0 bridgehead atoms. The normalized spacial score (nSPS) is 14.4. The molecule has 30 heavy (non-hydrogen) atoms. The van der Waals surface area contributed by atoms with Crippen molar-refractivity contribution in [1.29, 1.82) is 0 Å². The van der Waals surface area contributed by atoms with Crippen LogP contribution >= 0.6 is 0 Å². The van der Waals surface area contributed by atoms with Gasteiger partial charge in [0.1, 0.15) is 5.70 Å². The van der Waals surface area contributed by atoms with Crippen molar-refractivity contribution in [2.45, 2.75) is 32.6 Å². The first kappa shape index (κ1) is 21.1. The largest absolute Gasteiger partial charge is 0.451 e. The van der Waals surface area contributed by atoms with Gasteiger partial charge >= 0.3 is 5.97 Å². The fourth-order valence-corrected chi connectivity index (χ4v) is 3.08. The highest BCUT2D eigenvalue weighted by molar-refractivity contribution is 6.00. The van der Waals surface area contributed by atoms with Crippen molar-refractivity contribution >= 4 is 29.2 Å². The summed E-state index contributed by atoms with van der Waals surface area (Å²) in [6, 6.07) is 16.5. The Balaban J connectivity index is 1.58. The van der Waals surface area contributed by atoms with Crippen molar-refractivity contribution in [3.63, 3.8) is 0 Å². The molecule has 1 aliphatic rings. The zero-order valence-corrected chi connectivity index (χ0v) is 17.1. The van der Waals surface area contributed by atoms with E-state index >= 15 is 0 Å². The molecule has 0 saturated heterocycles. The van der Waals surface area contributed by atoms with E-state index in [1.807, 2.05) is 30.3 Å². The van der Waals surface area contributed by atoms with Gasteiger partial charge in [-0.15, -0.1) is 0 Å². The monoisotopic (exact) mass is 407 g/mol. The number of rotatable bonds is 7. The Morgan fingerprint density at radius 1 is 1.13 bits per heavy atom. The molecular weight excluding hydrogens is 382 g/mol. The van der Waals surface area contributed by atoms with E-state index in [0.29, 0.717) is 17.3 Å². The highest BCUT2D eigenvalue weighted by Crippen LogP contribution is 2.26. The van der Waals surface area contributed by atoms with Gasteiger partial charge in [-0.2, -0.15) is 0 Å². The van der Waals surface area contributed by atoms with Crippen LogP contribution in [0.1, 0.15) is 38.2 Å². The van der Waals surface area contributed by atoms with Gasteiger partial charge in [-0.05, 0) is 42.2 Å². The predicted octanol–water partition coefficient (Wildman–Crippen LogP) is 3.51. The average Bonchev–Trinajstić information content (AvgIpc) is 2.78. The van der Waals surface area contributed by atoms with Crippen LogP contribution in [-0.4, -0.2) is 24.4 Å². The second-order valence-electron chi connectivity index (χ2n) is 7.02. The molecule has 2 amide bonds. The maximum Gasteiger partial charge on any atom is 0.356 e. The summed E-state index contributed by atoms with van der Waals surface area (Å²) in [4.78, 5) is 36.8. The van der Waals surface area contributed by atoms with Gasteiger partial charge in [0.15, 0.2) is 6.61 Å². The highest BCUT2D eigenvalue weighted by atomic mass is 16.5. The summed E-state index contributed by atoms with van der Waals surface area (Å²) in [7, 11) is 0. The van der Waals surface area contributed by atoms with Crippen LogP contribution in [0.3, 0.4) is 0 Å². The molecule has 0 radical (unpaired) electrons. The van der Waals surface area contributed by atoms with E-state index in [0.717, 1.165) is 12.0 Å². The van der Waals surface area contributed by atoms with Crippen molar-refractivity contribution in [2.24, 2.45) is 0 Å². The minimum Gasteiger partial charge on any atom is -0.451 e. The van der Waals surface area contributed by atoms with Crippen molar-refractivity contribution in [3.8, 4) is 0 Å². The predicted molar refractivity (Wildman–Crippen MR) is 115 cm³/mol. The summed E-state index contributed by atoms with van der Waals surface area (Å²) in [6.45, 7) is 3.75. The number of anilines is 2. The molecule has 1 atom stereocenters. The summed E-state index contributed by atoms with van der Waals surface area (Å²) < 4.78 is 5.14. The van der Waals surface area contributed by atoms with Gasteiger partial charge in [0.25, 0.3) is 5.91 Å². The summed E-state index contributed by atoms with van der Waals surface area (Å²) >= 11 is 0. The number of para-hydroxylation sites is 2. The molecule has 156 valence electrons. The maximum absolute atomic E-state index is 12.4. The quantitative estimate of drug-likeness (QED) is 0.686. The number of ether oxygens (including phenoxy) is 1. The number of nitrogens with zero attached hydrogens (tertiary/aromatic N) is 1. The Kier molecular flexibility index (Phi) is 6.85. The molecule has 7 heteroatoms. The SMILES string of the molecule is CC[C@@H](C)c1ccccc1NC(=O)COC(=O)C1=CCC(=O)N(c2ccccc2)N1. The average molecular weight is 407 g/mol. The van der Waals surface area contributed by atoms with Gasteiger partial charge < -0.3 is 10.1 Å². The van der Waals surface area contributed by atoms with Gasteiger partial charge in [-0.3, -0.25) is 15.0 Å². The molecular formula is C23H25N3O4. The van der Waals surface area contributed by atoms with Crippen LogP contribution in [0.2, 0.25) is 0 Å². The van der Waals surface area contributed by atoms with E-state index in [-0.39, 0.29) is 18.0 Å². The standard InChI is InChI=1S/C23H25N3O4/c1-3-16(2)18-11-7-8-12-19(18)24-21(27)15-30-23(29)20-13-14-22(28)26(25-20)17-9-5-4-6-10-17/h4-13,16,25H,3,14-15H2,1-2H3,(H,24,27)/t16-/m1/s1. The molecule has 2 N–H and O–H groups in total. The zero-order chi connectivity index (χ0) is 21.5. The molecule has 2 aromatic carbocycles. The number of benzene rings is 2. The van der Waals surface area contributed by atoms with Crippen LogP contribution in [0.25, 0.3) is 0 Å². The van der Waals surface area contributed by atoms with Crippen LogP contribution in [-0.2, 0) is 19.1 Å². The van der Waals surface area contributed by atoms with Crippen LogP contribution in [0.15, 0.2) is 66.4 Å². The minimum atomic E-state index is -0.700. The van der Waals surface area contributed by atoms with E-state index in [2.05, 4.69) is 24.6 Å². The number of carbonyl (C=O) groups is 3. The molecule has 1 aliphatic heterocycles. The van der Waals surface area contributed by atoms with Crippen molar-refractivity contribution in [3.05, 3.63) is 71.9 Å². The van der Waals surface area contributed by atoms with E-state index < -0.39 is 18.5 Å². The van der Waals surface area contributed by atoms with Crippen molar-refractivity contribution in [1.82, 2.24) is 5.43 Å². The number of hydrogen-bond acceptors (Lipinski definition) is 5. The first-order valence-corrected chi connectivity index (χ1v) is 9.90. The van der Waals surface area contributed by atoms with E-state index in [9.17, 15) is 14.4 Å². The summed E-state index contributed by atoms with van der Waals surface area (Å²) in [6.07, 6.45) is 2.46. The molecule has 0 aromatic heterocycles. The van der Waals surface area contributed by atoms with Gasteiger partial charge in [-0.1, -0.05) is 50.2 Å². The van der Waals surface area contributed by atoms with E-state index in [4.69, 9.17) is 4.74 Å². The lowest BCUT2D eigenvalue weighted by atomic mass is 9.97. The van der Waals surface area contributed by atoms with Crippen LogP contribution in [0.5, 0.6) is 0 Å². The second-order valence-corrected chi connectivity index (χ2v) is 7.02. The number of esters is 1. The lowest BCUT2D eigenvalue weighted by Crippen LogP contribution is -2.47. The minimum absolute atomic E-state index is 0.0564. The second kappa shape index (κ2) is 9.73. The number of nitrogens with one attached hydrogen (secondary N) is 2. The fourth-order valence-electron chi connectivity index (χ4n) is 3.08. The van der Waals surface area contributed by atoms with Crippen LogP contribution in [0.4, 0.5) is 11.4 Å². The molecule has 2 aromatic rings. The Hall–Kier alpha value is -3.61. The fraction of sp³-hybridized carbons (Fsp3) is 0.261. The Morgan fingerprint density at radius 2 is 1.83 bits per heavy atom. The summed E-state index contributed by atoms with van der Waals surface area (Å²) in [5.74, 6) is -1.03. The molecule has 3 rings (SSSR count). The molecule has 7 nitrogen and oxygen atoms in total. The van der Waals surface area contributed by atoms with Gasteiger partial charge in [0.2, 0.25) is 5.91 Å². The van der Waals surface area contributed by atoms with Crippen LogP contribution in [0, 0.1) is 0 Å². The zero-order valence-electron chi connectivity index (χ0n) is 17.1. The van der Waals surface area contributed by atoms with Gasteiger partial charge in [0, 0.05) is 12.1 Å². The topological polar surface area (TPSA) is 87.7 Å². The van der Waals surface area contributed by atoms with E-state index in [1.165, 1.54) is 11.1 Å².